The lowest BCUT2D eigenvalue weighted by Crippen LogP contribution is -2.30. The van der Waals surface area contributed by atoms with Crippen molar-refractivity contribution in [3.63, 3.8) is 0 Å². The molecule has 0 radical (unpaired) electrons. The van der Waals surface area contributed by atoms with Gasteiger partial charge in [0.2, 0.25) is 0 Å². The van der Waals surface area contributed by atoms with Crippen LogP contribution in [-0.2, 0) is 14.3 Å². The Morgan fingerprint density at radius 1 is 0.833 bits per heavy atom. The van der Waals surface area contributed by atoms with Gasteiger partial charge in [0.05, 0.1) is 19.2 Å². The fraction of sp³-hybridized carbons (Fsp3) is 0.200. The van der Waals surface area contributed by atoms with Gasteiger partial charge in [0, 0.05) is 5.92 Å². The van der Waals surface area contributed by atoms with Gasteiger partial charge in [-0.25, -0.2) is 0 Å². The largest absolute Gasteiger partial charge is 0.495 e. The lowest BCUT2D eigenvalue weighted by atomic mass is 9.88. The first-order valence-corrected chi connectivity index (χ1v) is 9.81. The van der Waals surface area contributed by atoms with Crippen LogP contribution >= 0.6 is 0 Å². The van der Waals surface area contributed by atoms with Gasteiger partial charge in [-0.2, -0.15) is 0 Å². The van der Waals surface area contributed by atoms with Gasteiger partial charge < -0.3 is 14.8 Å². The van der Waals surface area contributed by atoms with Crippen LogP contribution < -0.4 is 10.1 Å². The van der Waals surface area contributed by atoms with Crippen LogP contribution in [0.15, 0.2) is 84.9 Å². The molecule has 0 aromatic heterocycles. The summed E-state index contributed by atoms with van der Waals surface area (Å²) in [5.41, 5.74) is 2.57. The topological polar surface area (TPSA) is 64.6 Å². The number of methoxy groups -OCH3 is 1. The minimum atomic E-state index is -0.936. The highest BCUT2D eigenvalue weighted by molar-refractivity contribution is 5.96. The quantitative estimate of drug-likeness (QED) is 0.550. The number of carbonyl (C=O) groups excluding carboxylic acids is 2. The number of nitrogens with one attached hydrogen (secondary N) is 1. The molecule has 1 unspecified atom stereocenters. The molecule has 3 rings (SSSR count). The lowest BCUT2D eigenvalue weighted by Gasteiger charge is -2.19. The summed E-state index contributed by atoms with van der Waals surface area (Å²) in [5, 5.41) is 2.74. The number of anilines is 1. The first-order valence-electron chi connectivity index (χ1n) is 9.81. The SMILES string of the molecule is COc1ccccc1NC(=O)C(C)OC(=O)CC(c1ccccc1)c1ccccc1. The van der Waals surface area contributed by atoms with Crippen molar-refractivity contribution < 1.29 is 19.1 Å². The zero-order chi connectivity index (χ0) is 21.3. The van der Waals surface area contributed by atoms with E-state index < -0.39 is 18.0 Å². The van der Waals surface area contributed by atoms with Gasteiger partial charge in [-0.3, -0.25) is 9.59 Å². The molecule has 0 bridgehead atoms. The zero-order valence-corrected chi connectivity index (χ0v) is 17.1. The molecule has 0 saturated carbocycles. The molecule has 0 aliphatic heterocycles. The van der Waals surface area contributed by atoms with E-state index in [2.05, 4.69) is 5.32 Å². The van der Waals surface area contributed by atoms with Gasteiger partial charge >= 0.3 is 5.97 Å². The maximum absolute atomic E-state index is 12.7. The van der Waals surface area contributed by atoms with Crippen LogP contribution in [0.5, 0.6) is 5.75 Å². The average molecular weight is 403 g/mol. The Bertz CT molecular complexity index is 933. The fourth-order valence-corrected chi connectivity index (χ4v) is 3.25. The molecule has 0 spiro atoms. The first-order chi connectivity index (χ1) is 14.6. The molecule has 154 valence electrons. The van der Waals surface area contributed by atoms with E-state index in [1.165, 1.54) is 7.11 Å². The van der Waals surface area contributed by atoms with Gasteiger partial charge in [0.15, 0.2) is 6.10 Å². The van der Waals surface area contributed by atoms with E-state index in [0.29, 0.717) is 11.4 Å². The van der Waals surface area contributed by atoms with Crippen LogP contribution in [0.1, 0.15) is 30.4 Å². The normalized spacial score (nSPS) is 11.6. The molecule has 0 aliphatic rings. The Morgan fingerprint density at radius 2 is 1.37 bits per heavy atom. The van der Waals surface area contributed by atoms with Crippen molar-refractivity contribution in [2.24, 2.45) is 0 Å². The monoisotopic (exact) mass is 403 g/mol. The Balaban J connectivity index is 1.67. The van der Waals surface area contributed by atoms with E-state index in [4.69, 9.17) is 9.47 Å². The molecule has 30 heavy (non-hydrogen) atoms. The standard InChI is InChI=1S/C25H25NO4/c1-18(25(28)26-22-15-9-10-16-23(22)29-2)30-24(27)17-21(19-11-5-3-6-12-19)20-13-7-4-8-14-20/h3-16,18,21H,17H2,1-2H3,(H,26,28). The third-order valence-corrected chi connectivity index (χ3v) is 4.82. The molecule has 0 heterocycles. The highest BCUT2D eigenvalue weighted by atomic mass is 16.5. The number of carbonyl (C=O) groups is 2. The summed E-state index contributed by atoms with van der Waals surface area (Å²) in [4.78, 5) is 25.2. The molecule has 0 aliphatic carbocycles. The number of hydrogen-bond donors (Lipinski definition) is 1. The molecule has 3 aromatic carbocycles. The smallest absolute Gasteiger partial charge is 0.307 e. The molecule has 0 saturated heterocycles. The van der Waals surface area contributed by atoms with Gasteiger partial charge in [-0.15, -0.1) is 0 Å². The number of ether oxygens (including phenoxy) is 2. The lowest BCUT2D eigenvalue weighted by molar-refractivity contribution is -0.153. The summed E-state index contributed by atoms with van der Waals surface area (Å²) >= 11 is 0. The van der Waals surface area contributed by atoms with Crippen LogP contribution in [0.4, 0.5) is 5.69 Å². The second-order valence-corrected chi connectivity index (χ2v) is 6.90. The van der Waals surface area contributed by atoms with Crippen LogP contribution in [0.3, 0.4) is 0 Å². The van der Waals surface area contributed by atoms with Gasteiger partial charge in [0.25, 0.3) is 5.91 Å². The predicted molar refractivity (Wildman–Crippen MR) is 117 cm³/mol. The molecular weight excluding hydrogens is 378 g/mol. The molecule has 5 nitrogen and oxygen atoms in total. The van der Waals surface area contributed by atoms with Crippen LogP contribution in [0, 0.1) is 0 Å². The minimum Gasteiger partial charge on any atom is -0.495 e. The summed E-state index contributed by atoms with van der Waals surface area (Å²) in [6, 6.07) is 26.7. The number of esters is 1. The van der Waals surface area contributed by atoms with Crippen molar-refractivity contribution >= 4 is 17.6 Å². The van der Waals surface area contributed by atoms with Gasteiger partial charge in [-0.1, -0.05) is 72.8 Å². The highest BCUT2D eigenvalue weighted by Crippen LogP contribution is 2.28. The first kappa shape index (κ1) is 21.1. The summed E-state index contributed by atoms with van der Waals surface area (Å²) in [5.74, 6) is -0.457. The third-order valence-electron chi connectivity index (χ3n) is 4.82. The number of benzene rings is 3. The van der Waals surface area contributed by atoms with Crippen molar-refractivity contribution in [2.45, 2.75) is 25.4 Å². The Hall–Kier alpha value is -3.60. The van der Waals surface area contributed by atoms with E-state index in [1.807, 2.05) is 66.7 Å². The summed E-state index contributed by atoms with van der Waals surface area (Å²) in [7, 11) is 1.53. The Morgan fingerprint density at radius 3 is 1.93 bits per heavy atom. The van der Waals surface area contributed by atoms with Crippen LogP contribution in [0.2, 0.25) is 0 Å². The number of hydrogen-bond acceptors (Lipinski definition) is 4. The summed E-state index contributed by atoms with van der Waals surface area (Å²) < 4.78 is 10.7. The van der Waals surface area contributed by atoms with E-state index in [9.17, 15) is 9.59 Å². The molecule has 1 N–H and O–H groups in total. The zero-order valence-electron chi connectivity index (χ0n) is 17.1. The Labute approximate surface area is 176 Å². The van der Waals surface area contributed by atoms with Crippen LogP contribution in [0.25, 0.3) is 0 Å². The third kappa shape index (κ3) is 5.47. The van der Waals surface area contributed by atoms with Crippen molar-refractivity contribution in [2.75, 3.05) is 12.4 Å². The number of para-hydroxylation sites is 2. The maximum atomic E-state index is 12.7. The van der Waals surface area contributed by atoms with Crippen LogP contribution in [-0.4, -0.2) is 25.1 Å². The summed E-state index contributed by atoms with van der Waals surface area (Å²) in [6.45, 7) is 1.56. The average Bonchev–Trinajstić information content (AvgIpc) is 2.79. The van der Waals surface area contributed by atoms with Crippen molar-refractivity contribution in [1.29, 1.82) is 0 Å². The number of amides is 1. The number of rotatable bonds is 8. The van der Waals surface area contributed by atoms with Gasteiger partial charge in [0.1, 0.15) is 5.75 Å². The fourth-order valence-electron chi connectivity index (χ4n) is 3.25. The molecule has 1 amide bonds. The minimum absolute atomic E-state index is 0.139. The molecule has 0 fully saturated rings. The molecule has 1 atom stereocenters. The Kier molecular flexibility index (Phi) is 7.22. The molecular formula is C25H25NO4. The van der Waals surface area contributed by atoms with Crippen molar-refractivity contribution in [1.82, 2.24) is 0 Å². The molecule has 5 heteroatoms. The summed E-state index contributed by atoms with van der Waals surface area (Å²) in [6.07, 6.45) is -0.796. The second-order valence-electron chi connectivity index (χ2n) is 6.90. The van der Waals surface area contributed by atoms with E-state index in [1.54, 1.807) is 25.1 Å². The van der Waals surface area contributed by atoms with E-state index in [-0.39, 0.29) is 12.3 Å². The molecule has 3 aromatic rings. The van der Waals surface area contributed by atoms with E-state index in [0.717, 1.165) is 11.1 Å². The van der Waals surface area contributed by atoms with Gasteiger partial charge in [-0.05, 0) is 30.2 Å². The van der Waals surface area contributed by atoms with Crippen molar-refractivity contribution in [3.05, 3.63) is 96.1 Å². The second kappa shape index (κ2) is 10.3. The maximum Gasteiger partial charge on any atom is 0.307 e. The highest BCUT2D eigenvalue weighted by Gasteiger charge is 2.23. The van der Waals surface area contributed by atoms with E-state index >= 15 is 0 Å². The predicted octanol–water partition coefficient (Wildman–Crippen LogP) is 4.79. The van der Waals surface area contributed by atoms with Crippen molar-refractivity contribution in [3.8, 4) is 5.75 Å².